The van der Waals surface area contributed by atoms with Gasteiger partial charge in [-0.2, -0.15) is 5.10 Å². The smallest absolute Gasteiger partial charge is 0.354 e. The van der Waals surface area contributed by atoms with Gasteiger partial charge in [0.1, 0.15) is 5.75 Å². The standard InChI is InChI=1S/C10H10N2O3/c1-2-12-9(10(14)15)7-5-6(13)3-4-8(7)11-12/h3-5,13H,2H2,1H3,(H,14,15). The summed E-state index contributed by atoms with van der Waals surface area (Å²) in [4.78, 5) is 11.0. The molecular weight excluding hydrogens is 196 g/mol. The molecule has 1 aromatic carbocycles. The number of rotatable bonds is 2. The van der Waals surface area contributed by atoms with E-state index in [-0.39, 0.29) is 11.4 Å². The highest BCUT2D eigenvalue weighted by Gasteiger charge is 2.16. The van der Waals surface area contributed by atoms with E-state index in [0.717, 1.165) is 0 Å². The highest BCUT2D eigenvalue weighted by Crippen LogP contribution is 2.22. The van der Waals surface area contributed by atoms with Crippen LogP contribution in [0.25, 0.3) is 10.9 Å². The third-order valence-electron chi connectivity index (χ3n) is 2.22. The number of benzene rings is 1. The Morgan fingerprint density at radius 3 is 2.87 bits per heavy atom. The number of aromatic nitrogens is 2. The summed E-state index contributed by atoms with van der Waals surface area (Å²) >= 11 is 0. The summed E-state index contributed by atoms with van der Waals surface area (Å²) in [6, 6.07) is 4.50. The van der Waals surface area contributed by atoms with Crippen molar-refractivity contribution < 1.29 is 15.0 Å². The molecule has 0 radical (unpaired) electrons. The van der Waals surface area contributed by atoms with Crippen LogP contribution in [0, 0.1) is 0 Å². The van der Waals surface area contributed by atoms with Gasteiger partial charge < -0.3 is 10.2 Å². The van der Waals surface area contributed by atoms with E-state index < -0.39 is 5.97 Å². The number of nitrogens with zero attached hydrogens (tertiary/aromatic N) is 2. The van der Waals surface area contributed by atoms with Crippen molar-refractivity contribution in [2.75, 3.05) is 0 Å². The number of carboxylic acid groups (broad SMARTS) is 1. The van der Waals surface area contributed by atoms with Crippen molar-refractivity contribution in [3.05, 3.63) is 23.9 Å². The number of aromatic carboxylic acids is 1. The van der Waals surface area contributed by atoms with Crippen molar-refractivity contribution in [3.63, 3.8) is 0 Å². The Kier molecular flexibility index (Phi) is 2.07. The predicted octanol–water partition coefficient (Wildman–Crippen LogP) is 1.46. The summed E-state index contributed by atoms with van der Waals surface area (Å²) in [5.41, 5.74) is 0.690. The molecule has 2 rings (SSSR count). The Bertz CT molecular complexity index is 531. The molecule has 0 atom stereocenters. The molecule has 0 amide bonds. The number of phenolic OH excluding ortho intramolecular Hbond substituents is 1. The van der Waals surface area contributed by atoms with Crippen LogP contribution in [0.2, 0.25) is 0 Å². The lowest BCUT2D eigenvalue weighted by Gasteiger charge is -1.98. The van der Waals surface area contributed by atoms with Crippen LogP contribution in [0.1, 0.15) is 17.4 Å². The lowest BCUT2D eigenvalue weighted by molar-refractivity contribution is 0.0685. The maximum Gasteiger partial charge on any atom is 0.354 e. The largest absolute Gasteiger partial charge is 0.508 e. The van der Waals surface area contributed by atoms with Gasteiger partial charge in [-0.15, -0.1) is 0 Å². The minimum Gasteiger partial charge on any atom is -0.508 e. The molecule has 15 heavy (non-hydrogen) atoms. The molecule has 1 heterocycles. The molecule has 2 aromatic rings. The normalized spacial score (nSPS) is 10.7. The molecule has 1 aromatic heterocycles. The minimum atomic E-state index is -1.04. The van der Waals surface area contributed by atoms with Gasteiger partial charge in [-0.3, -0.25) is 4.68 Å². The van der Waals surface area contributed by atoms with Crippen LogP contribution in [0.4, 0.5) is 0 Å². The first-order chi connectivity index (χ1) is 7.13. The average molecular weight is 206 g/mol. The fraction of sp³-hybridized carbons (Fsp3) is 0.200. The Labute approximate surface area is 85.6 Å². The minimum absolute atomic E-state index is 0.0423. The van der Waals surface area contributed by atoms with E-state index in [9.17, 15) is 9.90 Å². The van der Waals surface area contributed by atoms with E-state index in [2.05, 4.69) is 5.10 Å². The number of fused-ring (bicyclic) bond motifs is 1. The molecular formula is C10H10N2O3. The first kappa shape index (κ1) is 9.51. The topological polar surface area (TPSA) is 75.3 Å². The molecule has 2 N–H and O–H groups in total. The second-order valence-electron chi connectivity index (χ2n) is 3.17. The fourth-order valence-electron chi connectivity index (χ4n) is 1.57. The second-order valence-corrected chi connectivity index (χ2v) is 3.17. The summed E-state index contributed by atoms with van der Waals surface area (Å²) in [5, 5.41) is 22.9. The van der Waals surface area contributed by atoms with Gasteiger partial charge in [-0.05, 0) is 25.1 Å². The molecule has 0 unspecified atom stereocenters. The quantitative estimate of drug-likeness (QED) is 0.779. The summed E-state index contributed by atoms with van der Waals surface area (Å²) in [5.74, 6) is -0.995. The first-order valence-electron chi connectivity index (χ1n) is 4.56. The number of phenols is 1. The summed E-state index contributed by atoms with van der Waals surface area (Å²) in [7, 11) is 0. The van der Waals surface area contributed by atoms with Gasteiger partial charge >= 0.3 is 5.97 Å². The summed E-state index contributed by atoms with van der Waals surface area (Å²) in [6.07, 6.45) is 0. The molecule has 5 heteroatoms. The fourth-order valence-corrected chi connectivity index (χ4v) is 1.57. The summed E-state index contributed by atoms with van der Waals surface area (Å²) in [6.45, 7) is 2.30. The SMILES string of the molecule is CCn1nc2ccc(O)cc2c1C(=O)O. The zero-order valence-corrected chi connectivity index (χ0v) is 8.14. The average Bonchev–Trinajstić information content (AvgIpc) is 2.55. The Balaban J connectivity index is 2.82. The highest BCUT2D eigenvalue weighted by molar-refractivity contribution is 6.01. The van der Waals surface area contributed by atoms with Crippen LogP contribution >= 0.6 is 0 Å². The molecule has 0 aliphatic heterocycles. The molecule has 0 aliphatic carbocycles. The maximum atomic E-state index is 11.0. The van der Waals surface area contributed by atoms with Crippen molar-refractivity contribution in [1.29, 1.82) is 0 Å². The number of aryl methyl sites for hydroxylation is 1. The molecule has 0 spiro atoms. The van der Waals surface area contributed by atoms with E-state index in [0.29, 0.717) is 17.4 Å². The van der Waals surface area contributed by atoms with E-state index in [1.807, 2.05) is 6.92 Å². The van der Waals surface area contributed by atoms with Crippen molar-refractivity contribution in [2.24, 2.45) is 0 Å². The third-order valence-corrected chi connectivity index (χ3v) is 2.22. The van der Waals surface area contributed by atoms with Crippen molar-refractivity contribution in [2.45, 2.75) is 13.5 Å². The highest BCUT2D eigenvalue weighted by atomic mass is 16.4. The predicted molar refractivity (Wildman–Crippen MR) is 54.0 cm³/mol. The molecule has 0 bridgehead atoms. The number of hydrogen-bond donors (Lipinski definition) is 2. The number of carbonyl (C=O) groups is 1. The number of aromatic hydroxyl groups is 1. The zero-order chi connectivity index (χ0) is 11.0. The molecule has 0 saturated heterocycles. The van der Waals surface area contributed by atoms with Crippen LogP contribution in [-0.2, 0) is 6.54 Å². The van der Waals surface area contributed by atoms with E-state index in [1.165, 1.54) is 16.8 Å². The monoisotopic (exact) mass is 206 g/mol. The molecule has 0 aliphatic rings. The summed E-state index contributed by atoms with van der Waals surface area (Å²) < 4.78 is 1.41. The van der Waals surface area contributed by atoms with E-state index in [4.69, 9.17) is 5.11 Å². The van der Waals surface area contributed by atoms with Crippen molar-refractivity contribution >= 4 is 16.9 Å². The van der Waals surface area contributed by atoms with Crippen LogP contribution in [-0.4, -0.2) is 26.0 Å². The van der Waals surface area contributed by atoms with Crippen LogP contribution in [0.3, 0.4) is 0 Å². The van der Waals surface area contributed by atoms with Crippen LogP contribution in [0.15, 0.2) is 18.2 Å². The Morgan fingerprint density at radius 1 is 1.53 bits per heavy atom. The Hall–Kier alpha value is -2.04. The molecule has 0 fully saturated rings. The van der Waals surface area contributed by atoms with E-state index in [1.54, 1.807) is 6.07 Å². The van der Waals surface area contributed by atoms with Crippen molar-refractivity contribution in [1.82, 2.24) is 9.78 Å². The van der Waals surface area contributed by atoms with Gasteiger partial charge in [0.25, 0.3) is 0 Å². The second kappa shape index (κ2) is 3.27. The lowest BCUT2D eigenvalue weighted by Crippen LogP contribution is -2.08. The maximum absolute atomic E-state index is 11.0. The molecule has 78 valence electrons. The first-order valence-corrected chi connectivity index (χ1v) is 4.56. The van der Waals surface area contributed by atoms with Gasteiger partial charge in [0.05, 0.1) is 5.52 Å². The molecule has 5 nitrogen and oxygen atoms in total. The van der Waals surface area contributed by atoms with Gasteiger partial charge in [-0.1, -0.05) is 0 Å². The lowest BCUT2D eigenvalue weighted by atomic mass is 10.2. The van der Waals surface area contributed by atoms with Gasteiger partial charge in [-0.25, -0.2) is 4.79 Å². The third kappa shape index (κ3) is 1.41. The number of carboxylic acids is 1. The van der Waals surface area contributed by atoms with Gasteiger partial charge in [0.15, 0.2) is 5.69 Å². The molecule has 0 saturated carbocycles. The van der Waals surface area contributed by atoms with Crippen molar-refractivity contribution in [3.8, 4) is 5.75 Å². The van der Waals surface area contributed by atoms with Crippen LogP contribution < -0.4 is 0 Å². The zero-order valence-electron chi connectivity index (χ0n) is 8.14. The van der Waals surface area contributed by atoms with Gasteiger partial charge in [0, 0.05) is 11.9 Å². The Morgan fingerprint density at radius 2 is 2.27 bits per heavy atom. The van der Waals surface area contributed by atoms with Crippen LogP contribution in [0.5, 0.6) is 5.75 Å². The number of hydrogen-bond acceptors (Lipinski definition) is 3. The van der Waals surface area contributed by atoms with E-state index >= 15 is 0 Å². The van der Waals surface area contributed by atoms with Gasteiger partial charge in [0.2, 0.25) is 0 Å².